The molecule has 0 spiro atoms. The van der Waals surface area contributed by atoms with E-state index in [9.17, 15) is 18.4 Å². The first kappa shape index (κ1) is 15.0. The number of alkyl halides is 2. The van der Waals surface area contributed by atoms with Crippen molar-refractivity contribution in [1.29, 1.82) is 0 Å². The number of halogens is 2. The van der Waals surface area contributed by atoms with Crippen LogP contribution in [0.1, 0.15) is 11.2 Å². The van der Waals surface area contributed by atoms with Crippen LogP contribution < -0.4 is 11.3 Å². The van der Waals surface area contributed by atoms with Gasteiger partial charge in [-0.1, -0.05) is 0 Å². The topological polar surface area (TPSA) is 147 Å². The number of aliphatic hydroxyl groups is 2. The standard InChI is InChI=1S/C10H11F2N5O4/c11-10(12,1-4(19)2-18)8(21)17-3-14-5-6(17)15-9(13)16-7(5)20/h3-4,18-19H,1-2H2,(H3,13,15,16,20)/t4-/m0/s1. The fourth-order valence-electron chi connectivity index (χ4n) is 1.70. The number of H-pyrrole nitrogens is 1. The predicted octanol–water partition coefficient (Wildman–Crippen LogP) is -1.28. The first-order chi connectivity index (χ1) is 9.76. The SMILES string of the molecule is Nc1nc2c(ncn2C(=O)C(F)(F)C[C@H](O)CO)c(=O)[nH]1. The second-order valence-electron chi connectivity index (χ2n) is 4.29. The van der Waals surface area contributed by atoms with E-state index >= 15 is 0 Å². The molecular formula is C10H11F2N5O4. The van der Waals surface area contributed by atoms with Crippen LogP contribution in [-0.4, -0.2) is 54.3 Å². The van der Waals surface area contributed by atoms with Gasteiger partial charge in [-0.25, -0.2) is 9.55 Å². The number of nitrogens with zero attached hydrogens (tertiary/aromatic N) is 3. The van der Waals surface area contributed by atoms with Crippen LogP contribution >= 0.6 is 0 Å². The van der Waals surface area contributed by atoms with E-state index in [1.807, 2.05) is 0 Å². The van der Waals surface area contributed by atoms with Crippen molar-refractivity contribution in [2.45, 2.75) is 18.4 Å². The van der Waals surface area contributed by atoms with Crippen LogP contribution in [0, 0.1) is 0 Å². The van der Waals surface area contributed by atoms with Gasteiger partial charge in [-0.15, -0.1) is 0 Å². The fourth-order valence-corrected chi connectivity index (χ4v) is 1.70. The van der Waals surface area contributed by atoms with Crippen molar-refractivity contribution in [3.8, 4) is 0 Å². The van der Waals surface area contributed by atoms with Crippen LogP contribution in [-0.2, 0) is 0 Å². The maximum absolute atomic E-state index is 13.7. The van der Waals surface area contributed by atoms with Gasteiger partial charge in [0.15, 0.2) is 11.2 Å². The van der Waals surface area contributed by atoms with Crippen LogP contribution in [0.25, 0.3) is 11.2 Å². The maximum Gasteiger partial charge on any atom is 0.328 e. The third kappa shape index (κ3) is 2.73. The van der Waals surface area contributed by atoms with E-state index in [1.165, 1.54) is 0 Å². The highest BCUT2D eigenvalue weighted by atomic mass is 19.3. The number of carbonyl (C=O) groups excluding carboxylic acids is 1. The van der Waals surface area contributed by atoms with Crippen molar-refractivity contribution in [2.75, 3.05) is 12.3 Å². The minimum atomic E-state index is -3.98. The lowest BCUT2D eigenvalue weighted by molar-refractivity contribution is -0.0399. The van der Waals surface area contributed by atoms with Gasteiger partial charge in [0.2, 0.25) is 5.95 Å². The number of nitrogens with one attached hydrogen (secondary N) is 1. The number of hydrogen-bond acceptors (Lipinski definition) is 7. The molecule has 0 aromatic carbocycles. The lowest BCUT2D eigenvalue weighted by Crippen LogP contribution is -2.37. The van der Waals surface area contributed by atoms with Crippen molar-refractivity contribution in [3.05, 3.63) is 16.7 Å². The van der Waals surface area contributed by atoms with Crippen molar-refractivity contribution in [1.82, 2.24) is 19.5 Å². The summed E-state index contributed by atoms with van der Waals surface area (Å²) in [5.74, 6) is -6.08. The van der Waals surface area contributed by atoms with E-state index in [-0.39, 0.29) is 11.5 Å². The summed E-state index contributed by atoms with van der Waals surface area (Å²) in [5.41, 5.74) is 3.77. The Morgan fingerprint density at radius 1 is 1.57 bits per heavy atom. The van der Waals surface area contributed by atoms with E-state index < -0.39 is 42.2 Å². The lowest BCUT2D eigenvalue weighted by Gasteiger charge is -2.17. The molecule has 0 fully saturated rings. The number of fused-ring (bicyclic) bond motifs is 1. The third-order valence-electron chi connectivity index (χ3n) is 2.66. The molecule has 2 heterocycles. The summed E-state index contributed by atoms with van der Waals surface area (Å²) in [6.45, 7) is -0.918. The predicted molar refractivity (Wildman–Crippen MR) is 65.8 cm³/mol. The average Bonchev–Trinajstić information content (AvgIpc) is 2.80. The Kier molecular flexibility index (Phi) is 3.70. The molecule has 0 unspecified atom stereocenters. The third-order valence-corrected chi connectivity index (χ3v) is 2.66. The number of nitrogen functional groups attached to an aromatic ring is 1. The maximum atomic E-state index is 13.7. The van der Waals surface area contributed by atoms with Gasteiger partial charge >= 0.3 is 11.8 Å². The molecule has 0 saturated carbocycles. The Morgan fingerprint density at radius 3 is 2.86 bits per heavy atom. The van der Waals surface area contributed by atoms with E-state index in [2.05, 4.69) is 15.0 Å². The van der Waals surface area contributed by atoms with Gasteiger partial charge in [-0.05, 0) is 0 Å². The molecule has 0 amide bonds. The lowest BCUT2D eigenvalue weighted by atomic mass is 10.1. The Hall–Kier alpha value is -2.40. The van der Waals surface area contributed by atoms with Crippen molar-refractivity contribution in [3.63, 3.8) is 0 Å². The van der Waals surface area contributed by atoms with Crippen LogP contribution in [0.5, 0.6) is 0 Å². The number of anilines is 1. The number of hydrogen-bond donors (Lipinski definition) is 4. The summed E-state index contributed by atoms with van der Waals surface area (Å²) in [7, 11) is 0. The molecule has 0 aliphatic heterocycles. The van der Waals surface area contributed by atoms with E-state index in [0.29, 0.717) is 10.9 Å². The van der Waals surface area contributed by atoms with E-state index in [4.69, 9.17) is 15.9 Å². The first-order valence-corrected chi connectivity index (χ1v) is 5.70. The van der Waals surface area contributed by atoms with Crippen molar-refractivity contribution >= 4 is 23.0 Å². The molecule has 11 heteroatoms. The van der Waals surface area contributed by atoms with Crippen LogP contribution in [0.3, 0.4) is 0 Å². The zero-order chi connectivity index (χ0) is 15.8. The van der Waals surface area contributed by atoms with Gasteiger partial charge in [-0.3, -0.25) is 14.6 Å². The van der Waals surface area contributed by atoms with Gasteiger partial charge in [-0.2, -0.15) is 13.8 Å². The molecule has 21 heavy (non-hydrogen) atoms. The molecule has 0 bridgehead atoms. The highest BCUT2D eigenvalue weighted by Gasteiger charge is 2.42. The van der Waals surface area contributed by atoms with Gasteiger partial charge in [0.05, 0.1) is 12.7 Å². The second kappa shape index (κ2) is 5.18. The van der Waals surface area contributed by atoms with Gasteiger partial charge in [0.25, 0.3) is 5.56 Å². The smallest absolute Gasteiger partial charge is 0.328 e. The highest BCUT2D eigenvalue weighted by molar-refractivity contribution is 5.92. The number of imidazole rings is 1. The van der Waals surface area contributed by atoms with Crippen molar-refractivity contribution in [2.24, 2.45) is 0 Å². The van der Waals surface area contributed by atoms with Gasteiger partial charge < -0.3 is 15.9 Å². The summed E-state index contributed by atoms with van der Waals surface area (Å²) in [6, 6.07) is 0. The van der Waals surface area contributed by atoms with Crippen molar-refractivity contribution < 1.29 is 23.8 Å². The molecule has 5 N–H and O–H groups in total. The molecule has 1 atom stereocenters. The normalized spacial score (nSPS) is 13.5. The number of rotatable bonds is 4. The summed E-state index contributed by atoms with van der Waals surface area (Å²) >= 11 is 0. The zero-order valence-corrected chi connectivity index (χ0v) is 10.5. The number of aromatic nitrogens is 4. The largest absolute Gasteiger partial charge is 0.394 e. The summed E-state index contributed by atoms with van der Waals surface area (Å²) in [5, 5.41) is 17.6. The monoisotopic (exact) mass is 303 g/mol. The van der Waals surface area contributed by atoms with E-state index in [1.54, 1.807) is 0 Å². The molecule has 2 rings (SSSR count). The van der Waals surface area contributed by atoms with Crippen LogP contribution in [0.15, 0.2) is 11.1 Å². The fraction of sp³-hybridized carbons (Fsp3) is 0.400. The number of aromatic amines is 1. The summed E-state index contributed by atoms with van der Waals surface area (Å²) < 4.78 is 27.8. The molecule has 0 aliphatic rings. The quantitative estimate of drug-likeness (QED) is 0.550. The minimum absolute atomic E-state index is 0.323. The molecule has 9 nitrogen and oxygen atoms in total. The molecule has 0 saturated heterocycles. The Morgan fingerprint density at radius 2 is 2.24 bits per heavy atom. The number of carbonyl (C=O) groups is 1. The molecule has 2 aromatic rings. The minimum Gasteiger partial charge on any atom is -0.394 e. The van der Waals surface area contributed by atoms with Crippen LogP contribution in [0.2, 0.25) is 0 Å². The zero-order valence-electron chi connectivity index (χ0n) is 10.5. The first-order valence-electron chi connectivity index (χ1n) is 5.70. The molecule has 0 radical (unpaired) electrons. The highest BCUT2D eigenvalue weighted by Crippen LogP contribution is 2.24. The van der Waals surface area contributed by atoms with E-state index in [0.717, 1.165) is 0 Å². The van der Waals surface area contributed by atoms with Gasteiger partial charge in [0.1, 0.15) is 6.33 Å². The summed E-state index contributed by atoms with van der Waals surface area (Å²) in [6.07, 6.45) is -2.32. The Labute approximate surface area is 115 Å². The average molecular weight is 303 g/mol. The Bertz CT molecular complexity index is 741. The second-order valence-corrected chi connectivity index (χ2v) is 4.29. The van der Waals surface area contributed by atoms with Crippen LogP contribution in [0.4, 0.5) is 14.7 Å². The molecular weight excluding hydrogens is 292 g/mol. The van der Waals surface area contributed by atoms with Gasteiger partial charge in [0, 0.05) is 6.42 Å². The molecule has 0 aliphatic carbocycles. The number of aliphatic hydroxyl groups excluding tert-OH is 2. The molecule has 2 aromatic heterocycles. The molecule has 114 valence electrons. The summed E-state index contributed by atoms with van der Waals surface area (Å²) in [4.78, 5) is 32.5. The number of nitrogens with two attached hydrogens (primary N) is 1. The Balaban J connectivity index is 2.47.